The van der Waals surface area contributed by atoms with Gasteiger partial charge in [-0.3, -0.25) is 4.55 Å². The molecule has 0 aromatic carbocycles. The molecule has 1 rings (SSSR count). The first-order chi connectivity index (χ1) is 5.39. The van der Waals surface area contributed by atoms with Crippen LogP contribution in [0.2, 0.25) is 0 Å². The molecule has 0 spiro atoms. The van der Waals surface area contributed by atoms with Gasteiger partial charge in [-0.1, -0.05) is 0 Å². The van der Waals surface area contributed by atoms with Gasteiger partial charge in [0.2, 0.25) is 0 Å². The fourth-order valence-corrected chi connectivity index (χ4v) is 0.902. The van der Waals surface area contributed by atoms with Crippen LogP contribution < -0.4 is 5.14 Å². The second kappa shape index (κ2) is 5.47. The Bertz CT molecular complexity index is 188. The van der Waals surface area contributed by atoms with E-state index in [1.54, 1.807) is 0 Å². The summed E-state index contributed by atoms with van der Waals surface area (Å²) < 4.78 is 30.5. The minimum Gasteiger partial charge on any atom is -0.379 e. The zero-order valence-corrected chi connectivity index (χ0v) is 7.88. The summed E-state index contributed by atoms with van der Waals surface area (Å²) in [5, 5.41) is 3.88. The second-order valence-corrected chi connectivity index (χ2v) is 3.72. The van der Waals surface area contributed by atoms with E-state index in [4.69, 9.17) is 17.7 Å². The Balaban J connectivity index is 0.000000217. The van der Waals surface area contributed by atoms with E-state index in [1.165, 1.54) is 19.3 Å². The standard InChI is InChI=1S/C6H12O.H3NO3S/c1-6-4-2-3-5-7-6;1-5(2,3)4/h6H,2-5H2,1H3;(H3,1,2,3,4). The van der Waals surface area contributed by atoms with Crippen molar-refractivity contribution in [3.05, 3.63) is 0 Å². The van der Waals surface area contributed by atoms with Gasteiger partial charge < -0.3 is 4.74 Å². The molecule has 6 heteroatoms. The number of nitrogens with two attached hydrogens (primary N) is 1. The molecule has 1 fully saturated rings. The van der Waals surface area contributed by atoms with Crippen LogP contribution in [-0.4, -0.2) is 25.7 Å². The largest absolute Gasteiger partial charge is 0.379 e. The predicted molar refractivity (Wildman–Crippen MR) is 45.0 cm³/mol. The number of hydrogen-bond donors (Lipinski definition) is 2. The van der Waals surface area contributed by atoms with Crippen molar-refractivity contribution in [1.29, 1.82) is 0 Å². The van der Waals surface area contributed by atoms with Gasteiger partial charge in [-0.25, -0.2) is 5.14 Å². The second-order valence-electron chi connectivity index (χ2n) is 2.69. The summed E-state index contributed by atoms with van der Waals surface area (Å²) in [6, 6.07) is 0. The third-order valence-electron chi connectivity index (χ3n) is 1.41. The first kappa shape index (κ1) is 11.8. The Hall–Kier alpha value is -0.170. The molecule has 0 aromatic rings. The summed E-state index contributed by atoms with van der Waals surface area (Å²) in [5.74, 6) is 0. The zero-order valence-electron chi connectivity index (χ0n) is 7.06. The number of ether oxygens (including phenoxy) is 1. The lowest BCUT2D eigenvalue weighted by Crippen LogP contribution is -2.14. The molecule has 0 saturated carbocycles. The minimum atomic E-state index is -4.17. The van der Waals surface area contributed by atoms with Crippen molar-refractivity contribution < 1.29 is 17.7 Å². The van der Waals surface area contributed by atoms with E-state index in [0.717, 1.165) is 6.61 Å². The first-order valence-corrected chi connectivity index (χ1v) is 5.26. The van der Waals surface area contributed by atoms with E-state index < -0.39 is 10.3 Å². The summed E-state index contributed by atoms with van der Waals surface area (Å²) in [7, 11) is -4.17. The first-order valence-electron chi connectivity index (χ1n) is 3.76. The highest BCUT2D eigenvalue weighted by Gasteiger charge is 2.05. The average Bonchev–Trinajstić information content (AvgIpc) is 1.85. The Morgan fingerprint density at radius 3 is 2.17 bits per heavy atom. The molecule has 1 heterocycles. The van der Waals surface area contributed by atoms with Crippen LogP contribution in [0.3, 0.4) is 0 Å². The molecule has 1 aliphatic heterocycles. The summed E-state index contributed by atoms with van der Waals surface area (Å²) in [5.41, 5.74) is 0. The van der Waals surface area contributed by atoms with Crippen LogP contribution in [0.25, 0.3) is 0 Å². The van der Waals surface area contributed by atoms with Gasteiger partial charge in [0.05, 0.1) is 6.10 Å². The third kappa shape index (κ3) is 12.5. The Kier molecular flexibility index (Phi) is 5.39. The van der Waals surface area contributed by atoms with Gasteiger partial charge in [-0.2, -0.15) is 8.42 Å². The van der Waals surface area contributed by atoms with Crippen LogP contribution >= 0.6 is 0 Å². The van der Waals surface area contributed by atoms with Crippen molar-refractivity contribution in [3.63, 3.8) is 0 Å². The predicted octanol–water partition coefficient (Wildman–Crippen LogP) is 0.323. The highest BCUT2D eigenvalue weighted by atomic mass is 32.2. The highest BCUT2D eigenvalue weighted by molar-refractivity contribution is 7.83. The van der Waals surface area contributed by atoms with Crippen LogP contribution in [0.4, 0.5) is 0 Å². The van der Waals surface area contributed by atoms with E-state index in [9.17, 15) is 0 Å². The molecule has 5 nitrogen and oxygen atoms in total. The van der Waals surface area contributed by atoms with Crippen molar-refractivity contribution in [1.82, 2.24) is 0 Å². The van der Waals surface area contributed by atoms with Crippen LogP contribution in [0, 0.1) is 0 Å². The number of rotatable bonds is 0. The van der Waals surface area contributed by atoms with Crippen molar-refractivity contribution in [3.8, 4) is 0 Å². The molecular weight excluding hydrogens is 182 g/mol. The van der Waals surface area contributed by atoms with E-state index in [2.05, 4.69) is 12.1 Å². The van der Waals surface area contributed by atoms with Crippen LogP contribution in [0.5, 0.6) is 0 Å². The molecule has 0 bridgehead atoms. The topological polar surface area (TPSA) is 89.6 Å². The molecule has 3 N–H and O–H groups in total. The summed E-state index contributed by atoms with van der Waals surface area (Å²) in [6.45, 7) is 3.13. The number of hydrogen-bond acceptors (Lipinski definition) is 3. The molecular formula is C6H15NO4S. The molecule has 12 heavy (non-hydrogen) atoms. The smallest absolute Gasteiger partial charge is 0.330 e. The van der Waals surface area contributed by atoms with E-state index >= 15 is 0 Å². The van der Waals surface area contributed by atoms with E-state index in [-0.39, 0.29) is 0 Å². The van der Waals surface area contributed by atoms with Gasteiger partial charge in [-0.15, -0.1) is 0 Å². The van der Waals surface area contributed by atoms with Crippen molar-refractivity contribution >= 4 is 10.3 Å². The molecule has 1 saturated heterocycles. The Labute approximate surface area is 72.8 Å². The van der Waals surface area contributed by atoms with Crippen LogP contribution in [-0.2, 0) is 15.0 Å². The summed E-state index contributed by atoms with van der Waals surface area (Å²) in [6.07, 6.45) is 4.43. The van der Waals surface area contributed by atoms with Gasteiger partial charge in [0.15, 0.2) is 0 Å². The monoisotopic (exact) mass is 197 g/mol. The Morgan fingerprint density at radius 2 is 2.00 bits per heavy atom. The van der Waals surface area contributed by atoms with Crippen LogP contribution in [0.15, 0.2) is 0 Å². The fraction of sp³-hybridized carbons (Fsp3) is 1.00. The maximum Gasteiger partial charge on any atom is 0.330 e. The molecule has 1 atom stereocenters. The maximum atomic E-state index is 8.97. The van der Waals surface area contributed by atoms with E-state index in [0.29, 0.717) is 6.10 Å². The van der Waals surface area contributed by atoms with Gasteiger partial charge >= 0.3 is 10.3 Å². The molecule has 0 amide bonds. The van der Waals surface area contributed by atoms with E-state index in [1.807, 2.05) is 0 Å². The van der Waals surface area contributed by atoms with Crippen molar-refractivity contribution in [2.45, 2.75) is 32.3 Å². The summed E-state index contributed by atoms with van der Waals surface area (Å²) in [4.78, 5) is 0. The Morgan fingerprint density at radius 1 is 1.50 bits per heavy atom. The summed E-state index contributed by atoms with van der Waals surface area (Å²) >= 11 is 0. The third-order valence-corrected chi connectivity index (χ3v) is 1.41. The van der Waals surface area contributed by atoms with Gasteiger partial charge in [0.25, 0.3) is 0 Å². The molecule has 0 aromatic heterocycles. The molecule has 1 unspecified atom stereocenters. The molecule has 0 aliphatic carbocycles. The van der Waals surface area contributed by atoms with Gasteiger partial charge in [-0.05, 0) is 26.2 Å². The molecule has 74 valence electrons. The lowest BCUT2D eigenvalue weighted by molar-refractivity contribution is 0.0285. The van der Waals surface area contributed by atoms with Gasteiger partial charge in [0.1, 0.15) is 0 Å². The van der Waals surface area contributed by atoms with Crippen LogP contribution in [0.1, 0.15) is 26.2 Å². The average molecular weight is 197 g/mol. The van der Waals surface area contributed by atoms with Gasteiger partial charge in [0, 0.05) is 6.61 Å². The fourth-order valence-electron chi connectivity index (χ4n) is 0.902. The normalized spacial score (nSPS) is 24.1. The minimum absolute atomic E-state index is 0.536. The molecule has 0 radical (unpaired) electrons. The lowest BCUT2D eigenvalue weighted by Gasteiger charge is -2.17. The zero-order chi connectivity index (χ0) is 9.61. The lowest BCUT2D eigenvalue weighted by atomic mass is 10.1. The quantitative estimate of drug-likeness (QED) is 0.547. The maximum absolute atomic E-state index is 8.97. The molecule has 1 aliphatic rings. The van der Waals surface area contributed by atoms with Crippen molar-refractivity contribution in [2.24, 2.45) is 5.14 Å². The SMILES string of the molecule is CC1CCCCO1.NS(=O)(=O)O. The van der Waals surface area contributed by atoms with Crippen molar-refractivity contribution in [2.75, 3.05) is 6.61 Å². The highest BCUT2D eigenvalue weighted by Crippen LogP contribution is 2.10.